The van der Waals surface area contributed by atoms with Crippen LogP contribution in [0.4, 0.5) is 5.82 Å². The first-order chi connectivity index (χ1) is 10.7. The number of aromatic amines is 1. The van der Waals surface area contributed by atoms with Crippen molar-refractivity contribution in [3.05, 3.63) is 24.4 Å². The van der Waals surface area contributed by atoms with Crippen molar-refractivity contribution in [2.45, 2.75) is 26.7 Å². The quantitative estimate of drug-likeness (QED) is 0.944. The molecule has 2 aromatic rings. The first-order valence-corrected chi connectivity index (χ1v) is 8.20. The van der Waals surface area contributed by atoms with Gasteiger partial charge in [0.05, 0.1) is 5.92 Å². The number of fused-ring (bicyclic) bond motifs is 1. The lowest BCUT2D eigenvalue weighted by atomic mass is 9.96. The molecule has 1 atom stereocenters. The van der Waals surface area contributed by atoms with Crippen LogP contribution in [-0.4, -0.2) is 47.0 Å². The van der Waals surface area contributed by atoms with Crippen LogP contribution in [0.25, 0.3) is 11.0 Å². The normalized spacial score (nSPS) is 18.6. The number of H-pyrrole nitrogens is 1. The van der Waals surface area contributed by atoms with E-state index in [0.29, 0.717) is 0 Å². The lowest BCUT2D eigenvalue weighted by Gasteiger charge is -2.35. The fraction of sp³-hybridized carbons (Fsp3) is 0.529. The Morgan fingerprint density at radius 2 is 2.18 bits per heavy atom. The second-order valence-electron chi connectivity index (χ2n) is 5.88. The number of pyridine rings is 1. The van der Waals surface area contributed by atoms with Gasteiger partial charge in [-0.1, -0.05) is 0 Å². The van der Waals surface area contributed by atoms with Gasteiger partial charge in [0, 0.05) is 37.8 Å². The van der Waals surface area contributed by atoms with Crippen LogP contribution >= 0.6 is 0 Å². The average Bonchev–Trinajstić information content (AvgIpc) is 3.03. The molecule has 0 aliphatic carbocycles. The van der Waals surface area contributed by atoms with Crippen LogP contribution in [0.1, 0.15) is 26.7 Å². The highest BCUT2D eigenvalue weighted by atomic mass is 16.2. The Hall–Kier alpha value is -2.04. The second-order valence-corrected chi connectivity index (χ2v) is 5.88. The van der Waals surface area contributed by atoms with Crippen molar-refractivity contribution < 1.29 is 4.79 Å². The monoisotopic (exact) mass is 300 g/mol. The Morgan fingerprint density at radius 1 is 1.36 bits per heavy atom. The molecule has 1 saturated heterocycles. The summed E-state index contributed by atoms with van der Waals surface area (Å²) in [5, 5.41) is 1.12. The molecule has 0 radical (unpaired) electrons. The smallest absolute Gasteiger partial charge is 0.227 e. The van der Waals surface area contributed by atoms with Gasteiger partial charge >= 0.3 is 0 Å². The number of carbonyl (C=O) groups is 1. The van der Waals surface area contributed by atoms with Crippen molar-refractivity contribution >= 4 is 22.8 Å². The second kappa shape index (κ2) is 6.38. The van der Waals surface area contributed by atoms with Crippen molar-refractivity contribution in [2.75, 3.05) is 31.1 Å². The van der Waals surface area contributed by atoms with Gasteiger partial charge in [0.1, 0.15) is 11.5 Å². The molecule has 3 heterocycles. The molecule has 118 valence electrons. The number of aromatic nitrogens is 2. The molecule has 5 nitrogen and oxygen atoms in total. The van der Waals surface area contributed by atoms with Gasteiger partial charge in [0.2, 0.25) is 5.91 Å². The van der Waals surface area contributed by atoms with E-state index in [0.717, 1.165) is 55.9 Å². The number of amides is 1. The SMILES string of the molecule is CCN(CC)C(=O)[C@H]1CCCN(c2ccc3cc[nH]c3n2)C1. The fourth-order valence-electron chi connectivity index (χ4n) is 3.28. The third-order valence-corrected chi connectivity index (χ3v) is 4.56. The van der Waals surface area contributed by atoms with Gasteiger partial charge < -0.3 is 14.8 Å². The minimum Gasteiger partial charge on any atom is -0.356 e. The zero-order valence-corrected chi connectivity index (χ0v) is 13.4. The van der Waals surface area contributed by atoms with Crippen molar-refractivity contribution in [1.82, 2.24) is 14.9 Å². The maximum Gasteiger partial charge on any atom is 0.227 e. The van der Waals surface area contributed by atoms with E-state index in [4.69, 9.17) is 0 Å². The predicted molar refractivity (Wildman–Crippen MR) is 89.0 cm³/mol. The van der Waals surface area contributed by atoms with E-state index in [-0.39, 0.29) is 11.8 Å². The summed E-state index contributed by atoms with van der Waals surface area (Å²) in [4.78, 5) is 24.6. The molecule has 0 saturated carbocycles. The van der Waals surface area contributed by atoms with E-state index >= 15 is 0 Å². The highest BCUT2D eigenvalue weighted by Crippen LogP contribution is 2.24. The number of nitrogens with one attached hydrogen (secondary N) is 1. The van der Waals surface area contributed by atoms with E-state index in [1.165, 1.54) is 0 Å². The van der Waals surface area contributed by atoms with Crippen molar-refractivity contribution in [3.8, 4) is 0 Å². The molecule has 1 N–H and O–H groups in total. The zero-order chi connectivity index (χ0) is 15.5. The molecular formula is C17H24N4O. The van der Waals surface area contributed by atoms with Gasteiger partial charge in [-0.25, -0.2) is 4.98 Å². The van der Waals surface area contributed by atoms with E-state index in [1.807, 2.05) is 31.0 Å². The molecular weight excluding hydrogens is 276 g/mol. The van der Waals surface area contributed by atoms with Crippen LogP contribution in [0.2, 0.25) is 0 Å². The summed E-state index contributed by atoms with van der Waals surface area (Å²) in [6, 6.07) is 6.17. The molecule has 0 spiro atoms. The lowest BCUT2D eigenvalue weighted by Crippen LogP contribution is -2.45. The van der Waals surface area contributed by atoms with Crippen LogP contribution in [0.15, 0.2) is 24.4 Å². The summed E-state index contributed by atoms with van der Waals surface area (Å²) in [6.45, 7) is 7.41. The Kier molecular flexibility index (Phi) is 4.32. The summed E-state index contributed by atoms with van der Waals surface area (Å²) in [6.07, 6.45) is 3.93. The third-order valence-electron chi connectivity index (χ3n) is 4.56. The number of carbonyl (C=O) groups excluding carboxylic acids is 1. The van der Waals surface area contributed by atoms with Crippen molar-refractivity contribution in [2.24, 2.45) is 5.92 Å². The van der Waals surface area contributed by atoms with E-state index < -0.39 is 0 Å². The fourth-order valence-corrected chi connectivity index (χ4v) is 3.28. The van der Waals surface area contributed by atoms with Gasteiger partial charge in [0.15, 0.2) is 0 Å². The summed E-state index contributed by atoms with van der Waals surface area (Å²) in [5.41, 5.74) is 0.912. The first kappa shape index (κ1) is 14.9. The maximum atomic E-state index is 12.6. The summed E-state index contributed by atoms with van der Waals surface area (Å²) >= 11 is 0. The summed E-state index contributed by atoms with van der Waals surface area (Å²) < 4.78 is 0. The molecule has 3 rings (SSSR count). The molecule has 1 aliphatic rings. The molecule has 0 aromatic carbocycles. The van der Waals surface area contributed by atoms with E-state index in [2.05, 4.69) is 27.0 Å². The molecule has 1 aliphatic heterocycles. The number of hydrogen-bond donors (Lipinski definition) is 1. The molecule has 5 heteroatoms. The van der Waals surface area contributed by atoms with Crippen LogP contribution in [0.3, 0.4) is 0 Å². The minimum atomic E-state index is 0.0924. The number of hydrogen-bond acceptors (Lipinski definition) is 3. The molecule has 2 aromatic heterocycles. The first-order valence-electron chi connectivity index (χ1n) is 8.20. The summed E-state index contributed by atoms with van der Waals surface area (Å²) in [5.74, 6) is 1.34. The number of rotatable bonds is 4. The molecule has 22 heavy (non-hydrogen) atoms. The Morgan fingerprint density at radius 3 is 2.95 bits per heavy atom. The van der Waals surface area contributed by atoms with Gasteiger partial charge in [-0.05, 0) is 44.9 Å². The van der Waals surface area contributed by atoms with Crippen molar-refractivity contribution in [1.29, 1.82) is 0 Å². The highest BCUT2D eigenvalue weighted by Gasteiger charge is 2.28. The largest absolute Gasteiger partial charge is 0.356 e. The molecule has 1 amide bonds. The van der Waals surface area contributed by atoms with Crippen LogP contribution < -0.4 is 4.90 Å². The Labute approximate surface area is 131 Å². The van der Waals surface area contributed by atoms with Gasteiger partial charge in [-0.3, -0.25) is 4.79 Å². The number of piperidine rings is 1. The van der Waals surface area contributed by atoms with E-state index in [9.17, 15) is 4.79 Å². The minimum absolute atomic E-state index is 0.0924. The van der Waals surface area contributed by atoms with Crippen molar-refractivity contribution in [3.63, 3.8) is 0 Å². The third kappa shape index (κ3) is 2.80. The highest BCUT2D eigenvalue weighted by molar-refractivity contribution is 5.80. The molecule has 0 unspecified atom stereocenters. The standard InChI is InChI=1S/C17H24N4O/c1-3-20(4-2)17(22)14-6-5-11-21(12-14)15-8-7-13-9-10-18-16(13)19-15/h7-10,14H,3-6,11-12H2,1-2H3,(H,18,19)/t14-/m0/s1. The van der Waals surface area contributed by atoms with Gasteiger partial charge in [-0.2, -0.15) is 0 Å². The average molecular weight is 300 g/mol. The molecule has 1 fully saturated rings. The number of anilines is 1. The zero-order valence-electron chi connectivity index (χ0n) is 13.4. The Bertz CT molecular complexity index is 647. The van der Waals surface area contributed by atoms with Crippen LogP contribution in [0, 0.1) is 5.92 Å². The molecule has 0 bridgehead atoms. The lowest BCUT2D eigenvalue weighted by molar-refractivity contribution is -0.135. The topological polar surface area (TPSA) is 52.2 Å². The maximum absolute atomic E-state index is 12.6. The predicted octanol–water partition coefficient (Wildman–Crippen LogP) is 2.65. The Balaban J connectivity index is 1.76. The van der Waals surface area contributed by atoms with Crippen LogP contribution in [-0.2, 0) is 4.79 Å². The summed E-state index contributed by atoms with van der Waals surface area (Å²) in [7, 11) is 0. The van der Waals surface area contributed by atoms with Gasteiger partial charge in [0.25, 0.3) is 0 Å². The van der Waals surface area contributed by atoms with Crippen LogP contribution in [0.5, 0.6) is 0 Å². The van der Waals surface area contributed by atoms with E-state index in [1.54, 1.807) is 0 Å². The number of nitrogens with zero attached hydrogens (tertiary/aromatic N) is 3. The van der Waals surface area contributed by atoms with Gasteiger partial charge in [-0.15, -0.1) is 0 Å².